The van der Waals surface area contributed by atoms with Crippen molar-refractivity contribution in [2.75, 3.05) is 0 Å². The van der Waals surface area contributed by atoms with Gasteiger partial charge in [0.25, 0.3) is 0 Å². The third-order valence-corrected chi connectivity index (χ3v) is 21.2. The lowest BCUT2D eigenvalue weighted by Crippen LogP contribution is -2.06. The van der Waals surface area contributed by atoms with Crippen LogP contribution in [-0.4, -0.2) is 73.5 Å². The van der Waals surface area contributed by atoms with E-state index in [1.165, 1.54) is 60.0 Å². The molecule has 0 saturated heterocycles. The van der Waals surface area contributed by atoms with E-state index in [0.717, 1.165) is 78.0 Å². The van der Waals surface area contributed by atoms with E-state index >= 15 is 0 Å². The number of rotatable bonds is 12. The van der Waals surface area contributed by atoms with E-state index in [1.54, 1.807) is 0 Å². The van der Waals surface area contributed by atoms with Gasteiger partial charge >= 0.3 is 0 Å². The summed E-state index contributed by atoms with van der Waals surface area (Å²) < 4.78 is 6.73. The van der Waals surface area contributed by atoms with E-state index in [1.807, 2.05) is 198 Å². The predicted octanol–water partition coefficient (Wildman–Crippen LogP) is 25.0. The van der Waals surface area contributed by atoms with Crippen LogP contribution in [0.2, 0.25) is 0 Å². The number of fused-ring (bicyclic) bond motifs is 9. The summed E-state index contributed by atoms with van der Waals surface area (Å²) in [6.45, 7) is 7.65. The zero-order valence-electron chi connectivity index (χ0n) is 66.7. The number of hydrogen-bond acceptors (Lipinski definition) is 12. The first-order chi connectivity index (χ1) is 59.6. The van der Waals surface area contributed by atoms with Crippen molar-refractivity contribution in [2.24, 2.45) is 0 Å². The molecule has 0 amide bonds. The van der Waals surface area contributed by atoms with Crippen LogP contribution in [-0.2, 0) is 0 Å². The van der Waals surface area contributed by atoms with Gasteiger partial charge in [-0.1, -0.05) is 309 Å². The normalized spacial score (nSPS) is 11.1. The summed E-state index contributed by atoms with van der Waals surface area (Å²) >= 11 is 0. The highest BCUT2D eigenvalue weighted by atomic mass is 15.2. The van der Waals surface area contributed by atoms with Crippen LogP contribution in [0.15, 0.2) is 394 Å². The average molecular weight is 1560 g/mol. The molecule has 15 nitrogen and oxygen atoms in total. The van der Waals surface area contributed by atoms with Crippen molar-refractivity contribution >= 4 is 65.4 Å². The van der Waals surface area contributed by atoms with Gasteiger partial charge in [0, 0.05) is 82.6 Å². The zero-order chi connectivity index (χ0) is 81.5. The minimum Gasteiger partial charge on any atom is -0.309 e. The predicted molar refractivity (Wildman–Crippen MR) is 490 cm³/mol. The molecule has 7 aromatic heterocycles. The Hall–Kier alpha value is -16.3. The van der Waals surface area contributed by atoms with Crippen LogP contribution < -0.4 is 0 Å². The van der Waals surface area contributed by atoms with Crippen LogP contribution >= 0.6 is 0 Å². The molecule has 22 rings (SSSR count). The van der Waals surface area contributed by atoms with Crippen LogP contribution in [0.1, 0.15) is 23.3 Å². The van der Waals surface area contributed by atoms with E-state index in [4.69, 9.17) is 19.9 Å². The summed E-state index contributed by atoms with van der Waals surface area (Å²) in [5.41, 5.74) is 20.6. The molecule has 0 atom stereocenters. The molecule has 15 aromatic carbocycles. The molecule has 0 bridgehead atoms. The highest BCUT2D eigenvalue weighted by Gasteiger charge is 2.21. The number of aryl methyl sites for hydroxylation is 4. The van der Waals surface area contributed by atoms with Gasteiger partial charge in [0.1, 0.15) is 23.3 Å². The Kier molecular flexibility index (Phi) is 20.7. The Morgan fingerprint density at radius 3 is 0.785 bits per heavy atom. The van der Waals surface area contributed by atoms with Gasteiger partial charge < -0.3 is 9.13 Å². The van der Waals surface area contributed by atoms with Crippen molar-refractivity contribution in [2.45, 2.75) is 27.7 Å². The second-order valence-corrected chi connectivity index (χ2v) is 29.3. The molecule has 121 heavy (non-hydrogen) atoms. The van der Waals surface area contributed by atoms with Crippen LogP contribution in [0.25, 0.3) is 185 Å². The molecule has 22 aromatic rings. The second-order valence-electron chi connectivity index (χ2n) is 29.3. The van der Waals surface area contributed by atoms with Gasteiger partial charge in [-0.2, -0.15) is 9.97 Å². The molecule has 0 saturated carbocycles. The van der Waals surface area contributed by atoms with Crippen LogP contribution in [0, 0.1) is 27.7 Å². The maximum atomic E-state index is 4.82. The van der Waals surface area contributed by atoms with Gasteiger partial charge in [-0.3, -0.25) is 4.57 Å². The summed E-state index contributed by atoms with van der Waals surface area (Å²) in [7, 11) is 0. The van der Waals surface area contributed by atoms with Gasteiger partial charge in [-0.15, -0.1) is 0 Å². The number of aromatic nitrogens is 15. The Morgan fingerprint density at radius 2 is 0.397 bits per heavy atom. The number of para-hydroxylation sites is 6. The van der Waals surface area contributed by atoms with E-state index in [-0.39, 0.29) is 0 Å². The van der Waals surface area contributed by atoms with Crippen molar-refractivity contribution in [3.63, 3.8) is 0 Å². The van der Waals surface area contributed by atoms with E-state index in [0.29, 0.717) is 70.0 Å². The summed E-state index contributed by atoms with van der Waals surface area (Å²) in [6, 6.07) is 135. The van der Waals surface area contributed by atoms with Gasteiger partial charge in [-0.05, 0) is 135 Å². The molecular formula is C106H77N15. The van der Waals surface area contributed by atoms with Crippen LogP contribution in [0.5, 0.6) is 0 Å². The number of hydrogen-bond donors (Lipinski definition) is 0. The zero-order valence-corrected chi connectivity index (χ0v) is 66.7. The molecule has 576 valence electrons. The van der Waals surface area contributed by atoms with Crippen molar-refractivity contribution < 1.29 is 0 Å². The fourth-order valence-corrected chi connectivity index (χ4v) is 15.7. The summed E-state index contributed by atoms with van der Waals surface area (Å²) in [5.74, 6) is 8.28. The quantitative estimate of drug-likeness (QED) is 0.114. The van der Waals surface area contributed by atoms with Crippen molar-refractivity contribution in [3.8, 4) is 119 Å². The third kappa shape index (κ3) is 15.7. The molecule has 0 aliphatic rings. The molecule has 0 radical (unpaired) electrons. The van der Waals surface area contributed by atoms with Crippen molar-refractivity contribution in [3.05, 3.63) is 418 Å². The first kappa shape index (κ1) is 74.8. The average Bonchev–Trinajstić information content (AvgIpc) is 1.63. The van der Waals surface area contributed by atoms with Crippen molar-refractivity contribution in [1.82, 2.24) is 73.5 Å². The lowest BCUT2D eigenvalue weighted by atomic mass is 10.0. The van der Waals surface area contributed by atoms with Gasteiger partial charge in [0.2, 0.25) is 5.95 Å². The SMILES string of the molecule is Cc1nc(-c2cccc(-c3ccccc3)c2)nc(-c2cccc(-c3ccccc3)c2)n1.Cc1nc(-c2ccccc2)nc(-c2ccc3c(c2)c2ccccc2n3-c2ccccc2)n1.Cc1nc(-c2ccccc2)nc(-c2cccc(-n3c4ccccc4c4ccccc43)c2)n1.Cc1nc(-c2ccccc2)nc(-n2c3ccccc3c3ccccc32)n1. The molecule has 0 unspecified atom stereocenters. The molecule has 0 spiro atoms. The first-order valence-electron chi connectivity index (χ1n) is 40.2. The smallest absolute Gasteiger partial charge is 0.238 e. The van der Waals surface area contributed by atoms with E-state index < -0.39 is 0 Å². The summed E-state index contributed by atoms with van der Waals surface area (Å²) in [6.07, 6.45) is 0. The molecule has 0 N–H and O–H groups in total. The third-order valence-electron chi connectivity index (χ3n) is 21.2. The second kappa shape index (κ2) is 33.5. The Labute approximate surface area is 699 Å². The minimum absolute atomic E-state index is 0.647. The Morgan fingerprint density at radius 1 is 0.149 bits per heavy atom. The highest BCUT2D eigenvalue weighted by molar-refractivity contribution is 6.12. The molecule has 7 heterocycles. The summed E-state index contributed by atoms with van der Waals surface area (Å²) in [5, 5.41) is 7.28. The Balaban J connectivity index is 0.000000107. The number of benzene rings is 15. The Bertz CT molecular complexity index is 7300. The fraction of sp³-hybridized carbons (Fsp3) is 0.0377. The monoisotopic (exact) mass is 1560 g/mol. The van der Waals surface area contributed by atoms with Gasteiger partial charge in [0.05, 0.1) is 33.1 Å². The van der Waals surface area contributed by atoms with Gasteiger partial charge in [-0.25, -0.2) is 49.8 Å². The largest absolute Gasteiger partial charge is 0.309 e. The fourth-order valence-electron chi connectivity index (χ4n) is 15.7. The lowest BCUT2D eigenvalue weighted by Gasteiger charge is -2.10. The standard InChI is InChI=1S/2C28H20N4.C28H21N3.C22H16N4/c1-19-29-27(20-10-4-2-5-11-20)31-28(30-19)21-16-17-26-24(18-21)23-14-8-9-15-25(23)32(26)22-12-6-3-7-13-22;1-19-29-27(20-10-3-2-4-11-20)31-28(30-19)21-12-9-13-22(18-21)32-25-16-7-5-14-23(25)24-15-6-8-17-26(24)32;1-20-29-27(25-16-8-14-23(18-25)21-10-4-2-5-11-21)31-28(30-20)26-17-9-15-24(19-26)22-12-6-3-7-13-22;1-15-23-21(16-9-3-2-4-10-16)25-22(24-15)26-19-13-7-5-11-17(19)18-12-6-8-14-20(18)26/h2*2-18H,1H3;2-19H,1H3;2-14H,1H3. The first-order valence-corrected chi connectivity index (χ1v) is 40.2. The topological polar surface area (TPSA) is 169 Å². The number of nitrogens with zero attached hydrogens (tertiary/aromatic N) is 15. The maximum absolute atomic E-state index is 4.82. The van der Waals surface area contributed by atoms with E-state index in [9.17, 15) is 0 Å². The van der Waals surface area contributed by atoms with Crippen molar-refractivity contribution in [1.29, 1.82) is 0 Å². The van der Waals surface area contributed by atoms with Crippen LogP contribution in [0.4, 0.5) is 0 Å². The molecule has 15 heteroatoms. The maximum Gasteiger partial charge on any atom is 0.238 e. The van der Waals surface area contributed by atoms with E-state index in [2.05, 4.69) is 278 Å². The van der Waals surface area contributed by atoms with Gasteiger partial charge in [0.15, 0.2) is 40.8 Å². The molecule has 0 fully saturated rings. The highest BCUT2D eigenvalue weighted by Crippen LogP contribution is 2.38. The lowest BCUT2D eigenvalue weighted by molar-refractivity contribution is 0.907. The minimum atomic E-state index is 0.647. The molecular weight excluding hydrogens is 1480 g/mol. The molecule has 0 aliphatic carbocycles. The molecule has 0 aliphatic heterocycles. The summed E-state index contributed by atoms with van der Waals surface area (Å²) in [4.78, 5) is 56.0. The van der Waals surface area contributed by atoms with Crippen LogP contribution in [0.3, 0.4) is 0 Å².